The SMILES string of the molecule is CCC(C)(Cn1cccn1)C(N)=O. The minimum atomic E-state index is -0.494. The summed E-state index contributed by atoms with van der Waals surface area (Å²) < 4.78 is 1.73. The highest BCUT2D eigenvalue weighted by molar-refractivity contribution is 5.80. The maximum absolute atomic E-state index is 11.2. The quantitative estimate of drug-likeness (QED) is 0.746. The fourth-order valence-electron chi connectivity index (χ4n) is 1.12. The predicted octanol–water partition coefficient (Wildman–Crippen LogP) is 0.785. The van der Waals surface area contributed by atoms with Crippen LogP contribution in [0, 0.1) is 5.41 Å². The van der Waals surface area contributed by atoms with Crippen molar-refractivity contribution in [2.45, 2.75) is 26.8 Å². The molecule has 1 amide bonds. The molecule has 0 fully saturated rings. The average Bonchev–Trinajstić information content (AvgIpc) is 2.56. The van der Waals surface area contributed by atoms with Crippen LogP contribution in [0.5, 0.6) is 0 Å². The number of amides is 1. The molecule has 1 aromatic heterocycles. The van der Waals surface area contributed by atoms with Gasteiger partial charge < -0.3 is 5.73 Å². The van der Waals surface area contributed by atoms with Crippen LogP contribution >= 0.6 is 0 Å². The Morgan fingerprint density at radius 3 is 2.77 bits per heavy atom. The van der Waals surface area contributed by atoms with Gasteiger partial charge in [-0.3, -0.25) is 9.48 Å². The molecule has 0 aliphatic carbocycles. The summed E-state index contributed by atoms with van der Waals surface area (Å²) >= 11 is 0. The molecule has 0 spiro atoms. The maximum atomic E-state index is 11.2. The van der Waals surface area contributed by atoms with Crippen LogP contribution in [0.1, 0.15) is 20.3 Å². The number of hydrogen-bond donors (Lipinski definition) is 1. The van der Waals surface area contributed by atoms with Crippen molar-refractivity contribution in [3.8, 4) is 0 Å². The van der Waals surface area contributed by atoms with Crippen LogP contribution in [0.25, 0.3) is 0 Å². The summed E-state index contributed by atoms with van der Waals surface area (Å²) in [6.45, 7) is 4.36. The predicted molar refractivity (Wildman–Crippen MR) is 49.8 cm³/mol. The molecule has 0 bridgehead atoms. The molecule has 1 rings (SSSR count). The smallest absolute Gasteiger partial charge is 0.225 e. The summed E-state index contributed by atoms with van der Waals surface area (Å²) in [5, 5.41) is 4.04. The lowest BCUT2D eigenvalue weighted by atomic mass is 9.87. The Morgan fingerprint density at radius 2 is 2.38 bits per heavy atom. The van der Waals surface area contributed by atoms with Gasteiger partial charge in [0.25, 0.3) is 0 Å². The molecule has 0 aliphatic heterocycles. The highest BCUT2D eigenvalue weighted by atomic mass is 16.1. The second-order valence-electron chi connectivity index (χ2n) is 3.48. The number of rotatable bonds is 4. The van der Waals surface area contributed by atoms with Crippen molar-refractivity contribution >= 4 is 5.91 Å². The lowest BCUT2D eigenvalue weighted by Gasteiger charge is -2.23. The zero-order valence-corrected chi connectivity index (χ0v) is 8.03. The summed E-state index contributed by atoms with van der Waals surface area (Å²) in [5.74, 6) is -0.273. The molecule has 4 nitrogen and oxygen atoms in total. The monoisotopic (exact) mass is 181 g/mol. The summed E-state index contributed by atoms with van der Waals surface area (Å²) in [4.78, 5) is 11.2. The molecule has 0 saturated heterocycles. The average molecular weight is 181 g/mol. The van der Waals surface area contributed by atoms with Gasteiger partial charge in [0, 0.05) is 12.4 Å². The van der Waals surface area contributed by atoms with E-state index in [0.717, 1.165) is 6.42 Å². The van der Waals surface area contributed by atoms with E-state index in [1.54, 1.807) is 10.9 Å². The van der Waals surface area contributed by atoms with Gasteiger partial charge in [0.15, 0.2) is 0 Å². The molecule has 72 valence electrons. The molecule has 0 aliphatic rings. The molecule has 1 heterocycles. The van der Waals surface area contributed by atoms with Crippen LogP contribution in [-0.2, 0) is 11.3 Å². The lowest BCUT2D eigenvalue weighted by Crippen LogP contribution is -2.37. The minimum Gasteiger partial charge on any atom is -0.369 e. The van der Waals surface area contributed by atoms with Crippen molar-refractivity contribution < 1.29 is 4.79 Å². The summed E-state index contributed by atoms with van der Waals surface area (Å²) in [7, 11) is 0. The fourth-order valence-corrected chi connectivity index (χ4v) is 1.12. The van der Waals surface area contributed by atoms with Crippen molar-refractivity contribution in [1.29, 1.82) is 0 Å². The van der Waals surface area contributed by atoms with Crippen LogP contribution in [-0.4, -0.2) is 15.7 Å². The second-order valence-corrected chi connectivity index (χ2v) is 3.48. The van der Waals surface area contributed by atoms with E-state index in [1.165, 1.54) is 0 Å². The van der Waals surface area contributed by atoms with Crippen LogP contribution in [0.15, 0.2) is 18.5 Å². The topological polar surface area (TPSA) is 60.9 Å². The summed E-state index contributed by atoms with van der Waals surface area (Å²) in [6, 6.07) is 1.83. The molecule has 1 atom stereocenters. The van der Waals surface area contributed by atoms with E-state index < -0.39 is 5.41 Å². The summed E-state index contributed by atoms with van der Waals surface area (Å²) in [6.07, 6.45) is 4.25. The normalized spacial score (nSPS) is 15.2. The van der Waals surface area contributed by atoms with Crippen molar-refractivity contribution in [1.82, 2.24) is 9.78 Å². The van der Waals surface area contributed by atoms with Gasteiger partial charge in [0.05, 0.1) is 12.0 Å². The third-order valence-electron chi connectivity index (χ3n) is 2.45. The number of carbonyl (C=O) groups is 1. The minimum absolute atomic E-state index is 0.273. The zero-order chi connectivity index (χ0) is 9.90. The van der Waals surface area contributed by atoms with Crippen LogP contribution < -0.4 is 5.73 Å². The first-order valence-corrected chi connectivity index (χ1v) is 4.36. The Labute approximate surface area is 77.7 Å². The largest absolute Gasteiger partial charge is 0.369 e. The number of aromatic nitrogens is 2. The highest BCUT2D eigenvalue weighted by Crippen LogP contribution is 2.22. The maximum Gasteiger partial charge on any atom is 0.225 e. The number of hydrogen-bond acceptors (Lipinski definition) is 2. The Hall–Kier alpha value is -1.32. The summed E-state index contributed by atoms with van der Waals surface area (Å²) in [5.41, 5.74) is 4.82. The fraction of sp³-hybridized carbons (Fsp3) is 0.556. The molecule has 0 aromatic carbocycles. The molecule has 13 heavy (non-hydrogen) atoms. The van der Waals surface area contributed by atoms with Gasteiger partial charge >= 0.3 is 0 Å². The van der Waals surface area contributed by atoms with Gasteiger partial charge in [0.1, 0.15) is 0 Å². The van der Waals surface area contributed by atoms with Gasteiger partial charge in [-0.2, -0.15) is 5.10 Å². The van der Waals surface area contributed by atoms with Gasteiger partial charge in [-0.25, -0.2) is 0 Å². The zero-order valence-electron chi connectivity index (χ0n) is 8.03. The molecule has 1 unspecified atom stereocenters. The number of carbonyl (C=O) groups excluding carboxylic acids is 1. The Balaban J connectivity index is 2.75. The van der Waals surface area contributed by atoms with Crippen LogP contribution in [0.2, 0.25) is 0 Å². The Morgan fingerprint density at radius 1 is 1.69 bits per heavy atom. The molecule has 0 saturated carbocycles. The van der Waals surface area contributed by atoms with E-state index in [-0.39, 0.29) is 5.91 Å². The van der Waals surface area contributed by atoms with E-state index >= 15 is 0 Å². The van der Waals surface area contributed by atoms with Gasteiger partial charge in [0.2, 0.25) is 5.91 Å². The highest BCUT2D eigenvalue weighted by Gasteiger charge is 2.29. The number of primary amides is 1. The standard InChI is InChI=1S/C9H15N3O/c1-3-9(2,8(10)13)7-12-6-4-5-11-12/h4-6H,3,7H2,1-2H3,(H2,10,13). The first-order chi connectivity index (χ1) is 6.08. The Bertz CT molecular complexity index is 281. The Kier molecular flexibility index (Phi) is 2.70. The molecule has 0 radical (unpaired) electrons. The second kappa shape index (κ2) is 3.60. The van der Waals surface area contributed by atoms with Gasteiger partial charge in [-0.05, 0) is 19.4 Å². The van der Waals surface area contributed by atoms with Crippen LogP contribution in [0.3, 0.4) is 0 Å². The lowest BCUT2D eigenvalue weighted by molar-refractivity contribution is -0.127. The third-order valence-corrected chi connectivity index (χ3v) is 2.45. The first kappa shape index (κ1) is 9.77. The van der Waals surface area contributed by atoms with E-state index in [1.807, 2.05) is 26.1 Å². The molecular weight excluding hydrogens is 166 g/mol. The number of nitrogens with two attached hydrogens (primary N) is 1. The van der Waals surface area contributed by atoms with E-state index in [9.17, 15) is 4.79 Å². The number of nitrogens with zero attached hydrogens (tertiary/aromatic N) is 2. The first-order valence-electron chi connectivity index (χ1n) is 4.36. The van der Waals surface area contributed by atoms with E-state index in [2.05, 4.69) is 5.10 Å². The third kappa shape index (κ3) is 2.08. The van der Waals surface area contributed by atoms with Crippen molar-refractivity contribution in [2.75, 3.05) is 0 Å². The molecule has 1 aromatic rings. The van der Waals surface area contributed by atoms with Crippen molar-refractivity contribution in [3.05, 3.63) is 18.5 Å². The molecular formula is C9H15N3O. The van der Waals surface area contributed by atoms with Crippen molar-refractivity contribution in [3.63, 3.8) is 0 Å². The van der Waals surface area contributed by atoms with E-state index in [0.29, 0.717) is 6.54 Å². The van der Waals surface area contributed by atoms with Gasteiger partial charge in [-0.15, -0.1) is 0 Å². The van der Waals surface area contributed by atoms with E-state index in [4.69, 9.17) is 5.73 Å². The van der Waals surface area contributed by atoms with Gasteiger partial charge in [-0.1, -0.05) is 6.92 Å². The molecule has 4 heteroatoms. The molecule has 2 N–H and O–H groups in total. The van der Waals surface area contributed by atoms with Crippen molar-refractivity contribution in [2.24, 2.45) is 11.1 Å². The van der Waals surface area contributed by atoms with Crippen LogP contribution in [0.4, 0.5) is 0 Å².